The van der Waals surface area contributed by atoms with Gasteiger partial charge in [-0.1, -0.05) is 22.9 Å². The van der Waals surface area contributed by atoms with Gasteiger partial charge in [-0.05, 0) is 18.2 Å². The largest absolute Gasteiger partial charge is 0.417 e. The van der Waals surface area contributed by atoms with Gasteiger partial charge in [-0.15, -0.1) is 11.8 Å². The highest BCUT2D eigenvalue weighted by atomic mass is 79.9. The van der Waals surface area contributed by atoms with Gasteiger partial charge in [0.05, 0.1) is 12.2 Å². The summed E-state index contributed by atoms with van der Waals surface area (Å²) < 4.78 is 38.4. The minimum Gasteiger partial charge on any atom is -0.395 e. The lowest BCUT2D eigenvalue weighted by Gasteiger charge is -2.15. The zero-order chi connectivity index (χ0) is 12.3. The van der Waals surface area contributed by atoms with E-state index in [9.17, 15) is 13.2 Å². The summed E-state index contributed by atoms with van der Waals surface area (Å²) in [6.45, 7) is 1.52. The Morgan fingerprint density at radius 1 is 1.44 bits per heavy atom. The molecule has 0 aromatic heterocycles. The van der Waals surface area contributed by atoms with Crippen LogP contribution < -0.4 is 0 Å². The smallest absolute Gasteiger partial charge is 0.395 e. The van der Waals surface area contributed by atoms with Crippen molar-refractivity contribution in [3.63, 3.8) is 0 Å². The van der Waals surface area contributed by atoms with E-state index in [4.69, 9.17) is 5.11 Å². The number of aliphatic hydroxyl groups excluding tert-OH is 1. The second-order valence-corrected chi connectivity index (χ2v) is 5.65. The van der Waals surface area contributed by atoms with Crippen LogP contribution in [0.15, 0.2) is 27.6 Å². The molecule has 1 aromatic carbocycles. The summed E-state index contributed by atoms with van der Waals surface area (Å²) in [5.74, 6) is 0. The minimum atomic E-state index is -4.37. The number of thioether (sulfide) groups is 1. The maximum Gasteiger partial charge on any atom is 0.417 e. The molecule has 6 heteroatoms. The number of rotatable bonds is 3. The van der Waals surface area contributed by atoms with Crippen molar-refractivity contribution in [1.29, 1.82) is 0 Å². The van der Waals surface area contributed by atoms with E-state index in [1.165, 1.54) is 6.07 Å². The van der Waals surface area contributed by atoms with Gasteiger partial charge in [-0.3, -0.25) is 0 Å². The summed E-state index contributed by atoms with van der Waals surface area (Å²) in [6.07, 6.45) is -4.37. The maximum atomic E-state index is 12.7. The lowest BCUT2D eigenvalue weighted by Crippen LogP contribution is -2.09. The van der Waals surface area contributed by atoms with Gasteiger partial charge in [0.15, 0.2) is 0 Å². The Hall–Kier alpha value is -0.200. The third kappa shape index (κ3) is 3.68. The lowest BCUT2D eigenvalue weighted by atomic mass is 10.2. The molecular weight excluding hydrogens is 305 g/mol. The van der Waals surface area contributed by atoms with Crippen LogP contribution in [-0.4, -0.2) is 17.0 Å². The molecule has 0 saturated carbocycles. The molecule has 1 rings (SSSR count). The summed E-state index contributed by atoms with van der Waals surface area (Å²) >= 11 is 4.03. The van der Waals surface area contributed by atoms with E-state index in [1.807, 2.05) is 0 Å². The molecule has 0 heterocycles. The zero-order valence-corrected chi connectivity index (χ0v) is 10.8. The average molecular weight is 315 g/mol. The van der Waals surface area contributed by atoms with Crippen molar-refractivity contribution >= 4 is 27.7 Å². The Kier molecular flexibility index (Phi) is 4.70. The molecule has 0 aliphatic rings. The third-order valence-corrected chi connectivity index (χ3v) is 3.49. The normalized spacial score (nSPS) is 13.9. The van der Waals surface area contributed by atoms with E-state index in [0.717, 1.165) is 17.8 Å². The molecule has 0 bridgehead atoms. The van der Waals surface area contributed by atoms with Crippen molar-refractivity contribution in [2.45, 2.75) is 23.2 Å². The van der Waals surface area contributed by atoms with Crippen LogP contribution >= 0.6 is 27.7 Å². The molecule has 0 saturated heterocycles. The minimum absolute atomic E-state index is 0.136. The Morgan fingerprint density at radius 3 is 2.56 bits per heavy atom. The predicted molar refractivity (Wildman–Crippen MR) is 61.5 cm³/mol. The van der Waals surface area contributed by atoms with Gasteiger partial charge >= 0.3 is 6.18 Å². The van der Waals surface area contributed by atoms with Crippen LogP contribution in [0.1, 0.15) is 12.5 Å². The van der Waals surface area contributed by atoms with Crippen LogP contribution in [-0.2, 0) is 6.18 Å². The molecule has 1 atom stereocenters. The third-order valence-electron chi connectivity index (χ3n) is 1.83. The standard InChI is InChI=1S/C10H10BrF3OS/c1-6(5-15)16-9-3-2-7(11)4-8(9)10(12,13)14/h2-4,6,15H,5H2,1H3. The van der Waals surface area contributed by atoms with Crippen molar-refractivity contribution in [2.75, 3.05) is 6.61 Å². The molecule has 0 spiro atoms. The van der Waals surface area contributed by atoms with E-state index < -0.39 is 11.7 Å². The highest BCUT2D eigenvalue weighted by molar-refractivity contribution is 9.10. The van der Waals surface area contributed by atoms with Gasteiger partial charge < -0.3 is 5.11 Å². The molecular formula is C10H10BrF3OS. The molecule has 0 fully saturated rings. The summed E-state index contributed by atoms with van der Waals surface area (Å²) in [5, 5.41) is 8.57. The number of benzene rings is 1. The van der Waals surface area contributed by atoms with Crippen molar-refractivity contribution < 1.29 is 18.3 Å². The second kappa shape index (κ2) is 5.42. The number of aliphatic hydroxyl groups is 1. The lowest BCUT2D eigenvalue weighted by molar-refractivity contribution is -0.139. The summed E-state index contributed by atoms with van der Waals surface area (Å²) in [5.41, 5.74) is -0.674. The Labute approximate surface area is 104 Å². The highest BCUT2D eigenvalue weighted by Gasteiger charge is 2.34. The first-order valence-corrected chi connectivity index (χ1v) is 6.16. The van der Waals surface area contributed by atoms with Crippen molar-refractivity contribution in [3.05, 3.63) is 28.2 Å². The molecule has 1 N–H and O–H groups in total. The van der Waals surface area contributed by atoms with Crippen molar-refractivity contribution in [3.8, 4) is 0 Å². The van der Waals surface area contributed by atoms with Gasteiger partial charge in [-0.25, -0.2) is 0 Å². The topological polar surface area (TPSA) is 20.2 Å². The van der Waals surface area contributed by atoms with E-state index in [0.29, 0.717) is 4.47 Å². The molecule has 1 aromatic rings. The molecule has 0 aliphatic carbocycles. The fourth-order valence-corrected chi connectivity index (χ4v) is 2.40. The van der Waals surface area contributed by atoms with Gasteiger partial charge in [0, 0.05) is 14.6 Å². The molecule has 16 heavy (non-hydrogen) atoms. The summed E-state index contributed by atoms with van der Waals surface area (Å²) in [7, 11) is 0. The molecule has 1 unspecified atom stereocenters. The zero-order valence-electron chi connectivity index (χ0n) is 8.38. The van der Waals surface area contributed by atoms with Crippen LogP contribution in [0.4, 0.5) is 13.2 Å². The van der Waals surface area contributed by atoms with Crippen molar-refractivity contribution in [1.82, 2.24) is 0 Å². The fourth-order valence-electron chi connectivity index (χ4n) is 1.08. The SMILES string of the molecule is CC(CO)Sc1ccc(Br)cc1C(F)(F)F. The number of hydrogen-bond acceptors (Lipinski definition) is 2. The summed E-state index contributed by atoms with van der Waals surface area (Å²) in [6, 6.07) is 4.01. The summed E-state index contributed by atoms with van der Waals surface area (Å²) in [4.78, 5) is 0.136. The van der Waals surface area contributed by atoms with E-state index in [-0.39, 0.29) is 16.8 Å². The van der Waals surface area contributed by atoms with Crippen LogP contribution in [0.3, 0.4) is 0 Å². The Morgan fingerprint density at radius 2 is 2.06 bits per heavy atom. The van der Waals surface area contributed by atoms with Crippen LogP contribution in [0.2, 0.25) is 0 Å². The average Bonchev–Trinajstić information content (AvgIpc) is 2.19. The molecule has 0 amide bonds. The van der Waals surface area contributed by atoms with Crippen LogP contribution in [0.5, 0.6) is 0 Å². The molecule has 90 valence electrons. The molecule has 1 nitrogen and oxygen atoms in total. The maximum absolute atomic E-state index is 12.7. The first kappa shape index (κ1) is 13.9. The van der Waals surface area contributed by atoms with E-state index >= 15 is 0 Å². The first-order valence-electron chi connectivity index (χ1n) is 4.49. The first-order chi connectivity index (χ1) is 7.34. The second-order valence-electron chi connectivity index (χ2n) is 3.25. The Balaban J connectivity index is 3.08. The highest BCUT2D eigenvalue weighted by Crippen LogP contribution is 2.39. The van der Waals surface area contributed by atoms with E-state index in [1.54, 1.807) is 13.0 Å². The predicted octanol–water partition coefficient (Wildman–Crippen LogP) is 3.94. The van der Waals surface area contributed by atoms with Crippen LogP contribution in [0.25, 0.3) is 0 Å². The fraction of sp³-hybridized carbons (Fsp3) is 0.400. The number of alkyl halides is 3. The van der Waals surface area contributed by atoms with E-state index in [2.05, 4.69) is 15.9 Å². The van der Waals surface area contributed by atoms with Gasteiger partial charge in [0.2, 0.25) is 0 Å². The van der Waals surface area contributed by atoms with Gasteiger partial charge in [0.1, 0.15) is 0 Å². The number of hydrogen-bond donors (Lipinski definition) is 1. The van der Waals surface area contributed by atoms with Gasteiger partial charge in [0.25, 0.3) is 0 Å². The molecule has 0 aliphatic heterocycles. The quantitative estimate of drug-likeness (QED) is 0.853. The van der Waals surface area contributed by atoms with Crippen LogP contribution in [0, 0.1) is 0 Å². The van der Waals surface area contributed by atoms with Gasteiger partial charge in [-0.2, -0.15) is 13.2 Å². The monoisotopic (exact) mass is 314 g/mol. The Bertz CT molecular complexity index is 368. The molecule has 0 radical (unpaired) electrons. The van der Waals surface area contributed by atoms with Crippen molar-refractivity contribution in [2.24, 2.45) is 0 Å². The number of halogens is 4.